The van der Waals surface area contributed by atoms with Crippen molar-refractivity contribution >= 4 is 15.6 Å². The molecule has 0 aliphatic heterocycles. The normalized spacial score (nSPS) is 19.2. The average Bonchev–Trinajstić information content (AvgIpc) is 2.53. The minimum Gasteiger partial charge on any atom is -0.300 e. The van der Waals surface area contributed by atoms with Crippen LogP contribution in [0.25, 0.3) is 0 Å². The Morgan fingerprint density at radius 1 is 1.31 bits per heavy atom. The topological polar surface area (TPSA) is 51.2 Å². The first kappa shape index (κ1) is 10.7. The fourth-order valence-electron chi connectivity index (χ4n) is 1.70. The molecule has 0 spiro atoms. The summed E-state index contributed by atoms with van der Waals surface area (Å²) in [6.45, 7) is 1.43. The number of carbonyl (C=O) groups excluding carboxylic acids is 1. The average molecular weight is 204 g/mol. The molecular formula is C9H16O3S. The highest BCUT2D eigenvalue weighted by Gasteiger charge is 2.28. The molecule has 0 aromatic rings. The van der Waals surface area contributed by atoms with Crippen LogP contribution >= 0.6 is 0 Å². The lowest BCUT2D eigenvalue weighted by Crippen LogP contribution is -2.22. The molecule has 76 valence electrons. The molecular weight excluding hydrogens is 188 g/mol. The van der Waals surface area contributed by atoms with Crippen LogP contribution in [0.15, 0.2) is 0 Å². The number of sulfone groups is 1. The van der Waals surface area contributed by atoms with Gasteiger partial charge in [0.1, 0.15) is 5.78 Å². The van der Waals surface area contributed by atoms with Crippen molar-refractivity contribution < 1.29 is 13.2 Å². The number of ketones is 1. The molecule has 1 saturated carbocycles. The van der Waals surface area contributed by atoms with E-state index in [1.807, 2.05) is 0 Å². The summed E-state index contributed by atoms with van der Waals surface area (Å²) in [5.41, 5.74) is 0. The minimum atomic E-state index is -2.98. The number of rotatable bonds is 4. The highest BCUT2D eigenvalue weighted by atomic mass is 32.2. The predicted molar refractivity (Wildman–Crippen MR) is 51.3 cm³/mol. The van der Waals surface area contributed by atoms with E-state index in [4.69, 9.17) is 0 Å². The lowest BCUT2D eigenvalue weighted by Gasteiger charge is -2.09. The third-order valence-corrected chi connectivity index (χ3v) is 4.81. The van der Waals surface area contributed by atoms with Crippen molar-refractivity contribution in [1.82, 2.24) is 0 Å². The second kappa shape index (κ2) is 4.22. The van der Waals surface area contributed by atoms with Crippen molar-refractivity contribution in [2.24, 2.45) is 0 Å². The van der Waals surface area contributed by atoms with Gasteiger partial charge in [0.2, 0.25) is 0 Å². The van der Waals surface area contributed by atoms with E-state index >= 15 is 0 Å². The van der Waals surface area contributed by atoms with Gasteiger partial charge in [-0.2, -0.15) is 0 Å². The van der Waals surface area contributed by atoms with Crippen molar-refractivity contribution in [2.75, 3.05) is 5.75 Å². The highest BCUT2D eigenvalue weighted by molar-refractivity contribution is 7.92. The van der Waals surface area contributed by atoms with Crippen LogP contribution in [0.2, 0.25) is 0 Å². The van der Waals surface area contributed by atoms with E-state index in [9.17, 15) is 13.2 Å². The molecule has 0 saturated heterocycles. The maximum atomic E-state index is 11.6. The van der Waals surface area contributed by atoms with Crippen molar-refractivity contribution in [2.45, 2.75) is 44.3 Å². The van der Waals surface area contributed by atoms with Gasteiger partial charge in [-0.1, -0.05) is 12.8 Å². The van der Waals surface area contributed by atoms with E-state index in [-0.39, 0.29) is 23.2 Å². The molecule has 1 aliphatic carbocycles. The van der Waals surface area contributed by atoms with E-state index in [2.05, 4.69) is 0 Å². The summed E-state index contributed by atoms with van der Waals surface area (Å²) in [6.07, 6.45) is 3.80. The second-order valence-corrected chi connectivity index (χ2v) is 6.13. The number of hydrogen-bond acceptors (Lipinski definition) is 3. The van der Waals surface area contributed by atoms with Crippen LogP contribution in [0.3, 0.4) is 0 Å². The van der Waals surface area contributed by atoms with Gasteiger partial charge in [0, 0.05) is 6.42 Å². The first-order chi connectivity index (χ1) is 6.02. The SMILES string of the molecule is CC(=O)CCS(=O)(=O)C1CCCC1. The zero-order chi connectivity index (χ0) is 9.90. The second-order valence-electron chi connectivity index (χ2n) is 3.73. The van der Waals surface area contributed by atoms with E-state index in [0.29, 0.717) is 0 Å². The van der Waals surface area contributed by atoms with Gasteiger partial charge >= 0.3 is 0 Å². The largest absolute Gasteiger partial charge is 0.300 e. The first-order valence-electron chi connectivity index (χ1n) is 4.73. The van der Waals surface area contributed by atoms with Gasteiger partial charge < -0.3 is 0 Å². The lowest BCUT2D eigenvalue weighted by molar-refractivity contribution is -0.116. The fraction of sp³-hybridized carbons (Fsp3) is 0.889. The molecule has 0 amide bonds. The van der Waals surface area contributed by atoms with E-state index in [1.165, 1.54) is 6.92 Å². The molecule has 0 radical (unpaired) electrons. The number of carbonyl (C=O) groups is 1. The Kier molecular flexibility index (Phi) is 3.47. The molecule has 0 aromatic carbocycles. The zero-order valence-corrected chi connectivity index (χ0v) is 8.77. The summed E-state index contributed by atoms with van der Waals surface area (Å²) in [5, 5.41) is -0.160. The van der Waals surface area contributed by atoms with Crippen LogP contribution in [0.1, 0.15) is 39.0 Å². The predicted octanol–water partition coefficient (Wildman–Crippen LogP) is 1.32. The molecule has 0 aromatic heterocycles. The van der Waals surface area contributed by atoms with E-state index in [1.54, 1.807) is 0 Å². The maximum absolute atomic E-state index is 11.6. The molecule has 3 nitrogen and oxygen atoms in total. The summed E-state index contributed by atoms with van der Waals surface area (Å²) in [7, 11) is -2.98. The fourth-order valence-corrected chi connectivity index (χ4v) is 3.66. The lowest BCUT2D eigenvalue weighted by atomic mass is 10.3. The summed E-state index contributed by atoms with van der Waals surface area (Å²) in [5.74, 6) is 0.00840. The van der Waals surface area contributed by atoms with Crippen molar-refractivity contribution in [3.8, 4) is 0 Å². The Labute approximate surface area is 79.4 Å². The van der Waals surface area contributed by atoms with Crippen LogP contribution in [0.4, 0.5) is 0 Å². The van der Waals surface area contributed by atoms with Gasteiger partial charge in [0.25, 0.3) is 0 Å². The molecule has 1 fully saturated rings. The van der Waals surface area contributed by atoms with Gasteiger partial charge in [-0.25, -0.2) is 8.42 Å². The molecule has 13 heavy (non-hydrogen) atoms. The van der Waals surface area contributed by atoms with Crippen LogP contribution < -0.4 is 0 Å². The highest BCUT2D eigenvalue weighted by Crippen LogP contribution is 2.25. The Balaban J connectivity index is 2.50. The zero-order valence-electron chi connectivity index (χ0n) is 7.95. The van der Waals surface area contributed by atoms with Crippen molar-refractivity contribution in [1.29, 1.82) is 0 Å². The van der Waals surface area contributed by atoms with Gasteiger partial charge in [-0.05, 0) is 19.8 Å². The third-order valence-electron chi connectivity index (χ3n) is 2.55. The quantitative estimate of drug-likeness (QED) is 0.694. The van der Waals surface area contributed by atoms with Gasteiger partial charge in [-0.15, -0.1) is 0 Å². The smallest absolute Gasteiger partial charge is 0.153 e. The Hall–Kier alpha value is -0.380. The molecule has 0 atom stereocenters. The summed E-state index contributed by atoms with van der Waals surface area (Å²) >= 11 is 0. The summed E-state index contributed by atoms with van der Waals surface area (Å²) in [6, 6.07) is 0. The van der Waals surface area contributed by atoms with Crippen LogP contribution in [0, 0.1) is 0 Å². The molecule has 4 heteroatoms. The van der Waals surface area contributed by atoms with Gasteiger partial charge in [-0.3, -0.25) is 4.79 Å². The third kappa shape index (κ3) is 3.10. The number of hydrogen-bond donors (Lipinski definition) is 0. The minimum absolute atomic E-state index is 0.0402. The van der Waals surface area contributed by atoms with E-state index < -0.39 is 9.84 Å². The summed E-state index contributed by atoms with van der Waals surface area (Å²) < 4.78 is 23.2. The maximum Gasteiger partial charge on any atom is 0.153 e. The van der Waals surface area contributed by atoms with Gasteiger partial charge in [0.05, 0.1) is 11.0 Å². The number of Topliss-reactive ketones (excluding diaryl/α,β-unsaturated/α-hetero) is 1. The van der Waals surface area contributed by atoms with Gasteiger partial charge in [0.15, 0.2) is 9.84 Å². The first-order valence-corrected chi connectivity index (χ1v) is 6.45. The molecule has 1 rings (SSSR count). The molecule has 0 unspecified atom stereocenters. The standard InChI is InChI=1S/C9H16O3S/c1-8(10)6-7-13(11,12)9-4-2-3-5-9/h9H,2-7H2,1H3. The Morgan fingerprint density at radius 2 is 1.85 bits per heavy atom. The molecule has 1 aliphatic rings. The van der Waals surface area contributed by atoms with Crippen molar-refractivity contribution in [3.05, 3.63) is 0 Å². The Bertz CT molecular complexity index is 273. The van der Waals surface area contributed by atoms with Crippen molar-refractivity contribution in [3.63, 3.8) is 0 Å². The molecule has 0 bridgehead atoms. The monoisotopic (exact) mass is 204 g/mol. The van der Waals surface area contributed by atoms with Crippen LogP contribution in [-0.4, -0.2) is 25.2 Å². The molecule has 0 N–H and O–H groups in total. The summed E-state index contributed by atoms with van der Waals surface area (Å²) in [4.78, 5) is 10.6. The van der Waals surface area contributed by atoms with Crippen LogP contribution in [0.5, 0.6) is 0 Å². The Morgan fingerprint density at radius 3 is 2.31 bits per heavy atom. The molecule has 0 heterocycles. The van der Waals surface area contributed by atoms with Crippen LogP contribution in [-0.2, 0) is 14.6 Å². The van der Waals surface area contributed by atoms with E-state index in [0.717, 1.165) is 25.7 Å².